The normalized spacial score (nSPS) is 15.0. The van der Waals surface area contributed by atoms with Crippen LogP contribution >= 0.6 is 0 Å². The lowest BCUT2D eigenvalue weighted by Crippen LogP contribution is -2.54. The first-order valence-electron chi connectivity index (χ1n) is 6.63. The van der Waals surface area contributed by atoms with Gasteiger partial charge in [-0.05, 0) is 25.0 Å². The Kier molecular flexibility index (Phi) is 5.54. The Labute approximate surface area is 125 Å². The standard InChI is InChI=1S/C13H23N3O4S/c1-9(2)13(3,8-14)16-12(17)11-6-5-10(20-11)7-15-21(4,18)19/h5-6,9,15H,7-8,14H2,1-4H3,(H,16,17). The summed E-state index contributed by atoms with van der Waals surface area (Å²) in [5.41, 5.74) is 5.18. The molecule has 120 valence electrons. The molecule has 21 heavy (non-hydrogen) atoms. The predicted octanol–water partition coefficient (Wildman–Crippen LogP) is 0.432. The van der Waals surface area contributed by atoms with E-state index in [9.17, 15) is 13.2 Å². The second-order valence-corrected chi connectivity index (χ2v) is 7.42. The van der Waals surface area contributed by atoms with Gasteiger partial charge in [0.05, 0.1) is 18.3 Å². The van der Waals surface area contributed by atoms with E-state index in [4.69, 9.17) is 10.2 Å². The van der Waals surface area contributed by atoms with Crippen molar-refractivity contribution in [1.29, 1.82) is 0 Å². The summed E-state index contributed by atoms with van der Waals surface area (Å²) in [5, 5.41) is 2.85. The average molecular weight is 317 g/mol. The van der Waals surface area contributed by atoms with Gasteiger partial charge in [0.25, 0.3) is 5.91 Å². The Balaban J connectivity index is 2.74. The van der Waals surface area contributed by atoms with E-state index in [2.05, 4.69) is 10.0 Å². The molecule has 0 aromatic carbocycles. The largest absolute Gasteiger partial charge is 0.455 e. The minimum Gasteiger partial charge on any atom is -0.455 e. The highest BCUT2D eigenvalue weighted by Crippen LogP contribution is 2.16. The number of hydrogen-bond acceptors (Lipinski definition) is 5. The van der Waals surface area contributed by atoms with E-state index < -0.39 is 15.6 Å². The fourth-order valence-electron chi connectivity index (χ4n) is 1.55. The van der Waals surface area contributed by atoms with Gasteiger partial charge in [0.2, 0.25) is 10.0 Å². The topological polar surface area (TPSA) is 114 Å². The fourth-order valence-corrected chi connectivity index (χ4v) is 1.95. The highest BCUT2D eigenvalue weighted by Gasteiger charge is 2.29. The number of amides is 1. The van der Waals surface area contributed by atoms with E-state index in [1.165, 1.54) is 6.07 Å². The molecule has 1 aromatic rings. The molecule has 1 heterocycles. The first kappa shape index (κ1) is 17.7. The number of nitrogens with one attached hydrogen (secondary N) is 2. The quantitative estimate of drug-likeness (QED) is 0.675. The molecular formula is C13H23N3O4S. The Hall–Kier alpha value is -1.38. The molecule has 7 nitrogen and oxygen atoms in total. The molecule has 0 saturated heterocycles. The van der Waals surface area contributed by atoms with Gasteiger partial charge in [0.15, 0.2) is 5.76 Å². The molecule has 1 atom stereocenters. The molecule has 0 spiro atoms. The van der Waals surface area contributed by atoms with Crippen LogP contribution in [0.1, 0.15) is 37.1 Å². The van der Waals surface area contributed by atoms with Crippen molar-refractivity contribution in [2.24, 2.45) is 11.7 Å². The summed E-state index contributed by atoms with van der Waals surface area (Å²) in [7, 11) is -3.30. The predicted molar refractivity (Wildman–Crippen MR) is 80.2 cm³/mol. The molecule has 1 aromatic heterocycles. The summed E-state index contributed by atoms with van der Waals surface area (Å²) in [6.45, 7) is 6.11. The molecular weight excluding hydrogens is 294 g/mol. The number of furan rings is 1. The van der Waals surface area contributed by atoms with E-state index in [1.807, 2.05) is 20.8 Å². The van der Waals surface area contributed by atoms with Gasteiger partial charge < -0.3 is 15.5 Å². The zero-order valence-electron chi connectivity index (χ0n) is 12.8. The van der Waals surface area contributed by atoms with Crippen LogP contribution in [0.3, 0.4) is 0 Å². The van der Waals surface area contributed by atoms with Gasteiger partial charge in [-0.25, -0.2) is 13.1 Å². The summed E-state index contributed by atoms with van der Waals surface area (Å²) in [6.07, 6.45) is 1.05. The Morgan fingerprint density at radius 1 is 1.43 bits per heavy atom. The Morgan fingerprint density at radius 2 is 2.05 bits per heavy atom. The molecule has 0 radical (unpaired) electrons. The van der Waals surface area contributed by atoms with Gasteiger partial charge in [-0.3, -0.25) is 4.79 Å². The van der Waals surface area contributed by atoms with Gasteiger partial charge >= 0.3 is 0 Å². The number of rotatable bonds is 7. The van der Waals surface area contributed by atoms with Crippen LogP contribution in [0.4, 0.5) is 0 Å². The number of nitrogens with two attached hydrogens (primary N) is 1. The highest BCUT2D eigenvalue weighted by molar-refractivity contribution is 7.88. The molecule has 0 aliphatic heterocycles. The molecule has 0 fully saturated rings. The minimum atomic E-state index is -3.30. The Morgan fingerprint density at radius 3 is 2.52 bits per heavy atom. The minimum absolute atomic E-state index is 0.00442. The lowest BCUT2D eigenvalue weighted by atomic mass is 9.88. The second kappa shape index (κ2) is 6.59. The monoisotopic (exact) mass is 317 g/mol. The average Bonchev–Trinajstić information content (AvgIpc) is 2.84. The van der Waals surface area contributed by atoms with Gasteiger partial charge in [0, 0.05) is 6.54 Å². The third kappa shape index (κ3) is 5.14. The smallest absolute Gasteiger partial charge is 0.287 e. The molecule has 0 aliphatic carbocycles. The first-order chi connectivity index (χ1) is 9.57. The van der Waals surface area contributed by atoms with E-state index in [-0.39, 0.29) is 24.1 Å². The number of carbonyl (C=O) groups is 1. The Bertz CT molecular complexity index is 594. The summed E-state index contributed by atoms with van der Waals surface area (Å²) >= 11 is 0. The molecule has 1 unspecified atom stereocenters. The SMILES string of the molecule is CC(C)C(C)(CN)NC(=O)c1ccc(CNS(C)(=O)=O)o1. The van der Waals surface area contributed by atoms with Gasteiger partial charge in [-0.1, -0.05) is 13.8 Å². The molecule has 0 bridgehead atoms. The summed E-state index contributed by atoms with van der Waals surface area (Å²) in [5.74, 6) is 0.278. The fraction of sp³-hybridized carbons (Fsp3) is 0.615. The lowest BCUT2D eigenvalue weighted by molar-refractivity contribution is 0.0852. The van der Waals surface area contributed by atoms with Crippen molar-refractivity contribution in [2.75, 3.05) is 12.8 Å². The van der Waals surface area contributed by atoms with E-state index in [1.54, 1.807) is 6.07 Å². The van der Waals surface area contributed by atoms with Crippen molar-refractivity contribution in [2.45, 2.75) is 32.9 Å². The van der Waals surface area contributed by atoms with Crippen molar-refractivity contribution in [3.05, 3.63) is 23.7 Å². The van der Waals surface area contributed by atoms with Gasteiger partial charge in [0.1, 0.15) is 5.76 Å². The van der Waals surface area contributed by atoms with Crippen LogP contribution in [0.15, 0.2) is 16.5 Å². The van der Waals surface area contributed by atoms with E-state index >= 15 is 0 Å². The molecule has 8 heteroatoms. The molecule has 0 aliphatic rings. The zero-order valence-corrected chi connectivity index (χ0v) is 13.6. The van der Waals surface area contributed by atoms with E-state index in [0.717, 1.165) is 6.26 Å². The maximum absolute atomic E-state index is 12.1. The van der Waals surface area contributed by atoms with Crippen LogP contribution in [0.5, 0.6) is 0 Å². The second-order valence-electron chi connectivity index (χ2n) is 5.59. The van der Waals surface area contributed by atoms with Gasteiger partial charge in [-0.15, -0.1) is 0 Å². The highest BCUT2D eigenvalue weighted by atomic mass is 32.2. The number of carbonyl (C=O) groups excluding carboxylic acids is 1. The number of hydrogen-bond donors (Lipinski definition) is 3. The van der Waals surface area contributed by atoms with Crippen molar-refractivity contribution in [3.8, 4) is 0 Å². The third-order valence-corrected chi connectivity index (χ3v) is 4.16. The summed E-state index contributed by atoms with van der Waals surface area (Å²) in [6, 6.07) is 3.06. The molecule has 1 rings (SSSR count). The van der Waals surface area contributed by atoms with Crippen LogP contribution < -0.4 is 15.8 Å². The zero-order chi connectivity index (χ0) is 16.3. The van der Waals surface area contributed by atoms with Crippen LogP contribution in [0.2, 0.25) is 0 Å². The van der Waals surface area contributed by atoms with Gasteiger partial charge in [-0.2, -0.15) is 0 Å². The third-order valence-electron chi connectivity index (χ3n) is 3.49. The molecule has 0 saturated carbocycles. The summed E-state index contributed by atoms with van der Waals surface area (Å²) in [4.78, 5) is 12.1. The van der Waals surface area contributed by atoms with E-state index in [0.29, 0.717) is 12.3 Å². The van der Waals surface area contributed by atoms with Crippen molar-refractivity contribution in [3.63, 3.8) is 0 Å². The maximum atomic E-state index is 12.1. The van der Waals surface area contributed by atoms with Crippen LogP contribution in [0, 0.1) is 5.92 Å². The van der Waals surface area contributed by atoms with Crippen molar-refractivity contribution in [1.82, 2.24) is 10.0 Å². The number of sulfonamides is 1. The van der Waals surface area contributed by atoms with Crippen molar-refractivity contribution < 1.29 is 17.6 Å². The van der Waals surface area contributed by atoms with Crippen molar-refractivity contribution >= 4 is 15.9 Å². The first-order valence-corrected chi connectivity index (χ1v) is 8.52. The molecule has 4 N–H and O–H groups in total. The van der Waals surface area contributed by atoms with Crippen LogP contribution in [-0.4, -0.2) is 32.7 Å². The molecule has 1 amide bonds. The maximum Gasteiger partial charge on any atom is 0.287 e. The van der Waals surface area contributed by atoms with Crippen LogP contribution in [0.25, 0.3) is 0 Å². The van der Waals surface area contributed by atoms with Crippen LogP contribution in [-0.2, 0) is 16.6 Å². The lowest BCUT2D eigenvalue weighted by Gasteiger charge is -2.33. The summed E-state index contributed by atoms with van der Waals surface area (Å²) < 4.78 is 29.6.